The van der Waals surface area contributed by atoms with Gasteiger partial charge in [0.25, 0.3) is 0 Å². The Kier molecular flexibility index (Phi) is 9.26. The van der Waals surface area contributed by atoms with Gasteiger partial charge in [0, 0.05) is 0 Å². The molecular formula is C36H16F15P. The molecule has 0 heterocycles. The maximum Gasteiger partial charge on any atom is 0.213 e. The van der Waals surface area contributed by atoms with E-state index >= 15 is 57.1 Å². The van der Waals surface area contributed by atoms with Crippen LogP contribution in [0.4, 0.5) is 65.9 Å². The summed E-state index contributed by atoms with van der Waals surface area (Å²) in [6.07, 6.45) is -4.08. The van der Waals surface area contributed by atoms with E-state index in [1.54, 1.807) is 0 Å². The van der Waals surface area contributed by atoms with Crippen molar-refractivity contribution in [2.75, 3.05) is 0 Å². The average molecular weight is 764 g/mol. The first-order chi connectivity index (χ1) is 24.5. The Balaban J connectivity index is 2.03. The van der Waals surface area contributed by atoms with Crippen LogP contribution in [0.1, 0.15) is 16.7 Å². The lowest BCUT2D eigenvalue weighted by molar-refractivity contribution is -0.133. The monoisotopic (exact) mass is 764 g/mol. The highest BCUT2D eigenvalue weighted by atomic mass is 31.1. The molecule has 6 rings (SSSR count). The SMILES string of the molecule is FC1=C(F)C(c2ccccc2)(P(c2c(F)c(F)c(F)c(F)c2F)c2c(F)c(F)c(F)c(F)c2F)C(F)(c2ccccc2)C(F)(c2ccccc2)C1F. The van der Waals surface area contributed by atoms with E-state index < -0.39 is 128 Å². The van der Waals surface area contributed by atoms with Crippen molar-refractivity contribution in [2.45, 2.75) is 22.7 Å². The number of alkyl halides is 3. The normalized spacial score (nSPS) is 23.4. The van der Waals surface area contributed by atoms with Gasteiger partial charge in [-0.25, -0.2) is 65.9 Å². The molecule has 0 fully saturated rings. The zero-order chi connectivity index (χ0) is 38.1. The molecule has 4 unspecified atom stereocenters. The third kappa shape index (κ3) is 4.70. The Hall–Kier alpha value is -4.78. The summed E-state index contributed by atoms with van der Waals surface area (Å²) < 4.78 is 241. The molecule has 1 aliphatic carbocycles. The van der Waals surface area contributed by atoms with Crippen LogP contribution < -0.4 is 10.6 Å². The smallest absolute Gasteiger partial charge is 0.213 e. The number of halogens is 15. The van der Waals surface area contributed by atoms with Gasteiger partial charge in [-0.1, -0.05) is 91.0 Å². The topological polar surface area (TPSA) is 0 Å². The van der Waals surface area contributed by atoms with Gasteiger partial charge >= 0.3 is 0 Å². The van der Waals surface area contributed by atoms with Gasteiger partial charge in [0.15, 0.2) is 70.0 Å². The first-order valence-electron chi connectivity index (χ1n) is 14.6. The van der Waals surface area contributed by atoms with E-state index in [0.717, 1.165) is 48.5 Å². The number of rotatable bonds is 6. The highest BCUT2D eigenvalue weighted by molar-refractivity contribution is 7.74. The van der Waals surface area contributed by atoms with Crippen molar-refractivity contribution in [1.82, 2.24) is 0 Å². The second-order valence-corrected chi connectivity index (χ2v) is 13.6. The summed E-state index contributed by atoms with van der Waals surface area (Å²) in [4.78, 5) is 0. The molecule has 0 saturated carbocycles. The van der Waals surface area contributed by atoms with Crippen LogP contribution in [-0.2, 0) is 16.5 Å². The molecular weight excluding hydrogens is 748 g/mol. The molecule has 16 heteroatoms. The molecule has 0 amide bonds. The second-order valence-electron chi connectivity index (χ2n) is 11.4. The summed E-state index contributed by atoms with van der Waals surface area (Å²) in [5.41, 5.74) is -13.5. The maximum absolute atomic E-state index is 19.4. The van der Waals surface area contributed by atoms with Crippen molar-refractivity contribution in [1.29, 1.82) is 0 Å². The van der Waals surface area contributed by atoms with Gasteiger partial charge in [-0.15, -0.1) is 0 Å². The third-order valence-corrected chi connectivity index (χ3v) is 11.9. The highest BCUT2D eigenvalue weighted by Crippen LogP contribution is 2.77. The van der Waals surface area contributed by atoms with E-state index in [1.165, 1.54) is 6.07 Å². The molecule has 0 saturated heterocycles. The molecule has 0 aliphatic heterocycles. The van der Waals surface area contributed by atoms with Crippen LogP contribution in [0.3, 0.4) is 0 Å². The van der Waals surface area contributed by atoms with Crippen molar-refractivity contribution in [3.05, 3.63) is 178 Å². The number of benzene rings is 5. The fourth-order valence-corrected chi connectivity index (χ4v) is 9.96. The van der Waals surface area contributed by atoms with E-state index in [2.05, 4.69) is 0 Å². The number of hydrogen-bond donors (Lipinski definition) is 0. The van der Waals surface area contributed by atoms with Gasteiger partial charge in [0.1, 0.15) is 5.16 Å². The molecule has 0 spiro atoms. The van der Waals surface area contributed by atoms with Crippen molar-refractivity contribution in [3.63, 3.8) is 0 Å². The van der Waals surface area contributed by atoms with Gasteiger partial charge in [-0.05, 0) is 24.6 Å². The molecule has 5 aromatic rings. The first-order valence-corrected chi connectivity index (χ1v) is 15.9. The van der Waals surface area contributed by atoms with Crippen LogP contribution in [0.15, 0.2) is 103 Å². The van der Waals surface area contributed by atoms with E-state index in [1.807, 2.05) is 0 Å². The van der Waals surface area contributed by atoms with Crippen molar-refractivity contribution in [2.24, 2.45) is 0 Å². The summed E-state index contributed by atoms with van der Waals surface area (Å²) in [5, 5.41) is -9.89. The predicted molar refractivity (Wildman–Crippen MR) is 159 cm³/mol. The van der Waals surface area contributed by atoms with Crippen LogP contribution in [0.25, 0.3) is 0 Å². The number of hydrogen-bond acceptors (Lipinski definition) is 0. The van der Waals surface area contributed by atoms with E-state index in [0.29, 0.717) is 36.4 Å². The molecule has 0 nitrogen and oxygen atoms in total. The van der Waals surface area contributed by atoms with Gasteiger partial charge in [0.2, 0.25) is 17.3 Å². The van der Waals surface area contributed by atoms with Crippen molar-refractivity contribution in [3.8, 4) is 0 Å². The van der Waals surface area contributed by atoms with E-state index in [-0.39, 0.29) is 0 Å². The number of allylic oxidation sites excluding steroid dienone is 2. The minimum atomic E-state index is -5.30. The Morgan fingerprint density at radius 1 is 0.404 bits per heavy atom. The molecule has 270 valence electrons. The lowest BCUT2D eigenvalue weighted by atomic mass is 9.61. The Labute approximate surface area is 284 Å². The van der Waals surface area contributed by atoms with E-state index in [9.17, 15) is 8.78 Å². The standard InChI is InChI=1S/C36H16F15P/c37-19-21(39)25(43)30(26(44)22(19)40)52(31-27(45)23(41)20(38)24(42)28(31)46)35(17-12-6-2-7-13-17)33(49)29(47)32(48)34(50,16-10-4-1-5-11-16)36(35,51)18-14-8-3-9-15-18/h1-15,32H. The Morgan fingerprint density at radius 3 is 1.08 bits per heavy atom. The van der Waals surface area contributed by atoms with Gasteiger partial charge < -0.3 is 0 Å². The Bertz CT molecular complexity index is 2100. The summed E-state index contributed by atoms with van der Waals surface area (Å²) in [6.45, 7) is 0. The van der Waals surface area contributed by atoms with Gasteiger partial charge in [0.05, 0.1) is 10.6 Å². The van der Waals surface area contributed by atoms with Gasteiger partial charge in [-0.2, -0.15) is 0 Å². The fourth-order valence-electron chi connectivity index (χ4n) is 6.57. The Morgan fingerprint density at radius 2 is 0.712 bits per heavy atom. The molecule has 4 atom stereocenters. The molecule has 52 heavy (non-hydrogen) atoms. The largest absolute Gasteiger partial charge is 0.235 e. The molecule has 0 N–H and O–H groups in total. The summed E-state index contributed by atoms with van der Waals surface area (Å²) >= 11 is 0. The van der Waals surface area contributed by atoms with Crippen LogP contribution in [0, 0.1) is 58.2 Å². The predicted octanol–water partition coefficient (Wildman–Crippen LogP) is 10.6. The van der Waals surface area contributed by atoms with Crippen LogP contribution in [0.2, 0.25) is 0 Å². The summed E-state index contributed by atoms with van der Waals surface area (Å²) in [6, 6.07) is 12.2. The van der Waals surface area contributed by atoms with Crippen molar-refractivity contribution >= 4 is 18.5 Å². The lowest BCUT2D eigenvalue weighted by Gasteiger charge is -2.57. The average Bonchev–Trinajstić information content (AvgIpc) is 3.17. The minimum absolute atomic E-state index is 0.529. The maximum atomic E-state index is 19.4. The quantitative estimate of drug-likeness (QED) is 0.0699. The van der Waals surface area contributed by atoms with Crippen LogP contribution in [-0.4, -0.2) is 6.17 Å². The molecule has 0 radical (unpaired) electrons. The van der Waals surface area contributed by atoms with Crippen molar-refractivity contribution < 1.29 is 65.9 Å². The molecule has 1 aliphatic rings. The molecule has 5 aromatic carbocycles. The zero-order valence-corrected chi connectivity index (χ0v) is 26.2. The molecule has 0 aromatic heterocycles. The van der Waals surface area contributed by atoms with Crippen LogP contribution in [0.5, 0.6) is 0 Å². The second kappa shape index (κ2) is 13.0. The highest BCUT2D eigenvalue weighted by Gasteiger charge is 2.79. The minimum Gasteiger partial charge on any atom is -0.235 e. The third-order valence-electron chi connectivity index (χ3n) is 8.81. The van der Waals surface area contributed by atoms with E-state index in [4.69, 9.17) is 0 Å². The summed E-state index contributed by atoms with van der Waals surface area (Å²) in [7, 11) is -5.30. The molecule has 0 bridgehead atoms. The summed E-state index contributed by atoms with van der Waals surface area (Å²) in [5.74, 6) is -36.1. The first kappa shape index (κ1) is 37.0. The van der Waals surface area contributed by atoms with Gasteiger partial charge in [-0.3, -0.25) is 0 Å². The zero-order valence-electron chi connectivity index (χ0n) is 25.4. The van der Waals surface area contributed by atoms with Crippen LogP contribution >= 0.6 is 7.92 Å². The lowest BCUT2D eigenvalue weighted by Crippen LogP contribution is -2.65. The fraction of sp³-hybridized carbons (Fsp3) is 0.111.